The van der Waals surface area contributed by atoms with Crippen LogP contribution in [0.25, 0.3) is 0 Å². The van der Waals surface area contributed by atoms with Gasteiger partial charge in [-0.3, -0.25) is 4.79 Å². The van der Waals surface area contributed by atoms with Crippen molar-refractivity contribution in [2.45, 2.75) is 38.3 Å². The van der Waals surface area contributed by atoms with Crippen LogP contribution in [0.2, 0.25) is 0 Å². The molecule has 1 amide bonds. The number of carbonyl (C=O) groups is 1. The molecule has 4 nitrogen and oxygen atoms in total. The summed E-state index contributed by atoms with van der Waals surface area (Å²) in [5.74, 6) is -0.132. The van der Waals surface area contributed by atoms with E-state index in [9.17, 15) is 18.0 Å². The fourth-order valence-electron chi connectivity index (χ4n) is 3.22. The summed E-state index contributed by atoms with van der Waals surface area (Å²) in [5, 5.41) is 2.01. The Kier molecular flexibility index (Phi) is 6.50. The molecule has 0 spiro atoms. The van der Waals surface area contributed by atoms with Gasteiger partial charge in [0.15, 0.2) is 0 Å². The molecule has 7 heteroatoms. The minimum Gasteiger partial charge on any atom is -0.381 e. The first-order valence-electron chi connectivity index (χ1n) is 8.08. The number of likely N-dealkylation sites (tertiary alicyclic amines) is 1. The summed E-state index contributed by atoms with van der Waals surface area (Å²) in [5.41, 5.74) is 0. The first-order valence-corrected chi connectivity index (χ1v) is 8.08. The number of alkyl halides is 3. The lowest BCUT2D eigenvalue weighted by atomic mass is 9.96. The first kappa shape index (κ1) is 17.5. The average Bonchev–Trinajstić information content (AvgIpc) is 2.97. The topological polar surface area (TPSA) is 41.6 Å². The van der Waals surface area contributed by atoms with Crippen LogP contribution < -0.4 is 5.32 Å². The fourth-order valence-corrected chi connectivity index (χ4v) is 3.22. The van der Waals surface area contributed by atoms with Gasteiger partial charge in [0.1, 0.15) is 6.54 Å². The van der Waals surface area contributed by atoms with Crippen LogP contribution in [0.1, 0.15) is 32.1 Å². The van der Waals surface area contributed by atoms with Crippen LogP contribution in [0.3, 0.4) is 0 Å². The van der Waals surface area contributed by atoms with E-state index in [4.69, 9.17) is 4.74 Å². The normalized spacial score (nSPS) is 27.0. The number of ether oxygens (including phenoxy) is 1. The quantitative estimate of drug-likeness (QED) is 0.815. The molecule has 2 atom stereocenters. The van der Waals surface area contributed by atoms with E-state index < -0.39 is 18.6 Å². The van der Waals surface area contributed by atoms with Crippen molar-refractivity contribution >= 4 is 5.91 Å². The summed E-state index contributed by atoms with van der Waals surface area (Å²) in [6.07, 6.45) is 0.523. The first-order chi connectivity index (χ1) is 10.4. The van der Waals surface area contributed by atoms with Crippen molar-refractivity contribution in [3.8, 4) is 0 Å². The van der Waals surface area contributed by atoms with Crippen LogP contribution >= 0.6 is 0 Å². The van der Waals surface area contributed by atoms with Gasteiger partial charge in [-0.25, -0.2) is 0 Å². The molecule has 2 aliphatic heterocycles. The van der Waals surface area contributed by atoms with Gasteiger partial charge in [0.05, 0.1) is 5.92 Å². The molecule has 2 rings (SSSR count). The third-order valence-electron chi connectivity index (χ3n) is 4.45. The highest BCUT2D eigenvalue weighted by Crippen LogP contribution is 2.21. The van der Waals surface area contributed by atoms with Crippen LogP contribution in [-0.2, 0) is 9.53 Å². The molecule has 0 saturated carbocycles. The fraction of sp³-hybridized carbons (Fsp3) is 0.933. The van der Waals surface area contributed by atoms with Crippen LogP contribution in [-0.4, -0.2) is 56.4 Å². The van der Waals surface area contributed by atoms with E-state index in [-0.39, 0.29) is 5.92 Å². The third kappa shape index (κ3) is 6.12. The number of hydrogen-bond donors (Lipinski definition) is 1. The predicted octanol–water partition coefficient (Wildman–Crippen LogP) is 2.19. The van der Waals surface area contributed by atoms with Gasteiger partial charge in [-0.1, -0.05) is 0 Å². The molecular weight excluding hydrogens is 297 g/mol. The van der Waals surface area contributed by atoms with Gasteiger partial charge in [-0.05, 0) is 51.1 Å². The van der Waals surface area contributed by atoms with Crippen molar-refractivity contribution in [3.63, 3.8) is 0 Å². The SMILES string of the molecule is O=C(NCC(F)(F)F)[C@@H]1CCCN(CCC[C@H]2CCOC2)C1. The summed E-state index contributed by atoms with van der Waals surface area (Å²) in [6.45, 7) is 2.90. The Labute approximate surface area is 129 Å². The van der Waals surface area contributed by atoms with Gasteiger partial charge >= 0.3 is 6.18 Å². The van der Waals surface area contributed by atoms with Crippen LogP contribution in [0.15, 0.2) is 0 Å². The summed E-state index contributed by atoms with van der Waals surface area (Å²) in [6, 6.07) is 0. The molecule has 2 saturated heterocycles. The molecule has 0 aliphatic carbocycles. The monoisotopic (exact) mass is 322 g/mol. The Balaban J connectivity index is 1.65. The molecule has 2 aliphatic rings. The van der Waals surface area contributed by atoms with E-state index in [1.165, 1.54) is 0 Å². The van der Waals surface area contributed by atoms with Crippen molar-refractivity contribution in [2.75, 3.05) is 39.4 Å². The van der Waals surface area contributed by atoms with E-state index >= 15 is 0 Å². The summed E-state index contributed by atoms with van der Waals surface area (Å²) >= 11 is 0. The number of amides is 1. The lowest BCUT2D eigenvalue weighted by Gasteiger charge is -2.32. The van der Waals surface area contributed by atoms with Gasteiger partial charge in [-0.15, -0.1) is 0 Å². The highest BCUT2D eigenvalue weighted by Gasteiger charge is 2.31. The lowest BCUT2D eigenvalue weighted by Crippen LogP contribution is -2.45. The Morgan fingerprint density at radius 3 is 2.82 bits per heavy atom. The van der Waals surface area contributed by atoms with Crippen LogP contribution in [0.4, 0.5) is 13.2 Å². The highest BCUT2D eigenvalue weighted by molar-refractivity contribution is 5.79. The predicted molar refractivity (Wildman–Crippen MR) is 76.4 cm³/mol. The number of rotatable bonds is 6. The second kappa shape index (κ2) is 8.15. The maximum atomic E-state index is 12.1. The maximum absolute atomic E-state index is 12.1. The van der Waals surface area contributed by atoms with Crippen LogP contribution in [0, 0.1) is 11.8 Å². The zero-order valence-electron chi connectivity index (χ0n) is 12.8. The van der Waals surface area contributed by atoms with Gasteiger partial charge in [0, 0.05) is 19.8 Å². The number of carbonyl (C=O) groups excluding carboxylic acids is 1. The van der Waals surface area contributed by atoms with E-state index in [2.05, 4.69) is 4.90 Å². The standard InChI is InChI=1S/C15H25F3N2O2/c16-15(17,18)11-19-14(21)13-4-2-7-20(9-13)6-1-3-12-5-8-22-10-12/h12-13H,1-11H2,(H,19,21)/t12-,13+/m0/s1. The Morgan fingerprint density at radius 2 is 2.14 bits per heavy atom. The zero-order chi connectivity index (χ0) is 16.0. The molecule has 0 aromatic heterocycles. The summed E-state index contributed by atoms with van der Waals surface area (Å²) < 4.78 is 41.8. The summed E-state index contributed by atoms with van der Waals surface area (Å²) in [4.78, 5) is 14.0. The molecule has 2 heterocycles. The molecular formula is C15H25F3N2O2. The minimum absolute atomic E-state index is 0.314. The van der Waals surface area contributed by atoms with Crippen molar-refractivity contribution in [3.05, 3.63) is 0 Å². The number of nitrogens with zero attached hydrogens (tertiary/aromatic N) is 1. The van der Waals surface area contributed by atoms with Crippen molar-refractivity contribution in [2.24, 2.45) is 11.8 Å². The maximum Gasteiger partial charge on any atom is 0.405 e. The van der Waals surface area contributed by atoms with E-state index in [1.807, 2.05) is 5.32 Å². The van der Waals surface area contributed by atoms with E-state index in [0.717, 1.165) is 52.0 Å². The number of nitrogens with one attached hydrogen (secondary N) is 1. The average molecular weight is 322 g/mol. The van der Waals surface area contributed by atoms with E-state index in [0.29, 0.717) is 18.9 Å². The summed E-state index contributed by atoms with van der Waals surface area (Å²) in [7, 11) is 0. The third-order valence-corrected chi connectivity index (χ3v) is 4.45. The lowest BCUT2D eigenvalue weighted by molar-refractivity contribution is -0.141. The number of piperidine rings is 1. The molecule has 128 valence electrons. The van der Waals surface area contributed by atoms with Gasteiger partial charge in [0.25, 0.3) is 0 Å². The zero-order valence-corrected chi connectivity index (χ0v) is 12.8. The van der Waals surface area contributed by atoms with E-state index in [1.54, 1.807) is 0 Å². The molecule has 0 aromatic rings. The molecule has 0 bridgehead atoms. The Bertz CT molecular complexity index is 357. The van der Waals surface area contributed by atoms with Gasteiger partial charge in [0.2, 0.25) is 5.91 Å². The van der Waals surface area contributed by atoms with Crippen LogP contribution in [0.5, 0.6) is 0 Å². The second-order valence-electron chi connectivity index (χ2n) is 6.34. The largest absolute Gasteiger partial charge is 0.405 e. The Morgan fingerprint density at radius 1 is 1.32 bits per heavy atom. The smallest absolute Gasteiger partial charge is 0.381 e. The second-order valence-corrected chi connectivity index (χ2v) is 6.34. The molecule has 0 radical (unpaired) electrons. The number of halogens is 3. The van der Waals surface area contributed by atoms with Crippen molar-refractivity contribution < 1.29 is 22.7 Å². The molecule has 2 fully saturated rings. The highest BCUT2D eigenvalue weighted by atomic mass is 19.4. The van der Waals surface area contributed by atoms with Gasteiger partial charge < -0.3 is 15.0 Å². The number of hydrogen-bond acceptors (Lipinski definition) is 3. The molecule has 1 N–H and O–H groups in total. The Hall–Kier alpha value is -0.820. The van der Waals surface area contributed by atoms with Crippen molar-refractivity contribution in [1.82, 2.24) is 10.2 Å². The molecule has 0 unspecified atom stereocenters. The molecule has 0 aromatic carbocycles. The minimum atomic E-state index is -4.34. The van der Waals surface area contributed by atoms with Gasteiger partial charge in [-0.2, -0.15) is 13.2 Å². The van der Waals surface area contributed by atoms with Crippen molar-refractivity contribution in [1.29, 1.82) is 0 Å². The molecule has 22 heavy (non-hydrogen) atoms.